The van der Waals surface area contributed by atoms with Gasteiger partial charge in [-0.3, -0.25) is 20.4 Å². The Balaban J connectivity index is 1.96. The quantitative estimate of drug-likeness (QED) is 0.566. The van der Waals surface area contributed by atoms with Gasteiger partial charge in [0.15, 0.2) is 0 Å². The number of hydrogen-bond acceptors (Lipinski definition) is 3. The fourth-order valence-electron chi connectivity index (χ4n) is 1.81. The van der Waals surface area contributed by atoms with Crippen molar-refractivity contribution in [1.82, 2.24) is 10.9 Å². The van der Waals surface area contributed by atoms with E-state index in [9.17, 15) is 9.59 Å². The Morgan fingerprint density at radius 3 is 2.05 bits per heavy atom. The van der Waals surface area contributed by atoms with Crippen molar-refractivity contribution in [2.24, 2.45) is 0 Å². The molecule has 116 valence electrons. The molecule has 0 saturated carbocycles. The second-order valence-electron chi connectivity index (χ2n) is 5.84. The molecular formula is C16H17IN2O2S. The standard InChI is InChI=1S/C16H17IN2O2S/c1-16(2,3)11-6-4-10(5-7-11)14(20)18-19-15(21)12-8-9-13(17)22-12/h4-9H,1-3H3,(H,18,20)(H,19,21). The molecule has 4 nitrogen and oxygen atoms in total. The zero-order valence-corrected chi connectivity index (χ0v) is 15.5. The number of amides is 2. The zero-order chi connectivity index (χ0) is 16.3. The Morgan fingerprint density at radius 2 is 1.55 bits per heavy atom. The van der Waals surface area contributed by atoms with Crippen LogP contribution in [0.3, 0.4) is 0 Å². The number of thiophene rings is 1. The van der Waals surface area contributed by atoms with Crippen molar-refractivity contribution in [2.45, 2.75) is 26.2 Å². The number of hydrazine groups is 1. The molecular weight excluding hydrogens is 411 g/mol. The van der Waals surface area contributed by atoms with Gasteiger partial charge in [-0.05, 0) is 57.8 Å². The third-order valence-corrected chi connectivity index (χ3v) is 4.99. The van der Waals surface area contributed by atoms with Gasteiger partial charge in [-0.15, -0.1) is 11.3 Å². The molecule has 1 aromatic heterocycles. The smallest absolute Gasteiger partial charge is 0.267 e. The Morgan fingerprint density at radius 1 is 0.955 bits per heavy atom. The predicted molar refractivity (Wildman–Crippen MR) is 97.1 cm³/mol. The predicted octanol–water partition coefficient (Wildman–Crippen LogP) is 3.73. The third-order valence-electron chi connectivity index (χ3n) is 3.10. The second-order valence-corrected chi connectivity index (χ2v) is 8.82. The molecule has 0 aliphatic heterocycles. The summed E-state index contributed by atoms with van der Waals surface area (Å²) >= 11 is 3.52. The number of benzene rings is 1. The number of hydrogen-bond donors (Lipinski definition) is 2. The summed E-state index contributed by atoms with van der Waals surface area (Å²) in [6, 6.07) is 11.0. The average molecular weight is 428 g/mol. The van der Waals surface area contributed by atoms with E-state index in [-0.39, 0.29) is 17.2 Å². The van der Waals surface area contributed by atoms with E-state index in [0.29, 0.717) is 10.4 Å². The highest BCUT2D eigenvalue weighted by atomic mass is 127. The molecule has 22 heavy (non-hydrogen) atoms. The number of carbonyl (C=O) groups is 2. The molecule has 0 saturated heterocycles. The largest absolute Gasteiger partial charge is 0.279 e. The van der Waals surface area contributed by atoms with E-state index in [1.54, 1.807) is 18.2 Å². The van der Waals surface area contributed by atoms with Crippen LogP contribution < -0.4 is 10.9 Å². The van der Waals surface area contributed by atoms with Gasteiger partial charge in [-0.2, -0.15) is 0 Å². The molecule has 0 spiro atoms. The van der Waals surface area contributed by atoms with Crippen LogP contribution in [-0.4, -0.2) is 11.8 Å². The molecule has 0 fully saturated rings. The van der Waals surface area contributed by atoms with E-state index in [0.717, 1.165) is 8.45 Å². The molecule has 0 aliphatic carbocycles. The molecule has 6 heteroatoms. The maximum atomic E-state index is 12.0. The minimum atomic E-state index is -0.333. The summed E-state index contributed by atoms with van der Waals surface area (Å²) in [6.07, 6.45) is 0. The van der Waals surface area contributed by atoms with E-state index >= 15 is 0 Å². The molecule has 2 amide bonds. The highest BCUT2D eigenvalue weighted by Crippen LogP contribution is 2.22. The minimum Gasteiger partial charge on any atom is -0.267 e. The summed E-state index contributed by atoms with van der Waals surface area (Å²) < 4.78 is 1.02. The molecule has 0 unspecified atom stereocenters. The summed E-state index contributed by atoms with van der Waals surface area (Å²) in [5.41, 5.74) is 6.56. The Labute approximate surface area is 147 Å². The number of rotatable bonds is 2. The molecule has 2 rings (SSSR count). The topological polar surface area (TPSA) is 58.2 Å². The van der Waals surface area contributed by atoms with E-state index in [4.69, 9.17) is 0 Å². The van der Waals surface area contributed by atoms with Gasteiger partial charge in [-0.1, -0.05) is 32.9 Å². The summed E-state index contributed by atoms with van der Waals surface area (Å²) in [4.78, 5) is 24.4. The summed E-state index contributed by atoms with van der Waals surface area (Å²) in [5, 5.41) is 0. The fourth-order valence-corrected chi connectivity index (χ4v) is 3.32. The zero-order valence-electron chi connectivity index (χ0n) is 12.6. The van der Waals surface area contributed by atoms with E-state index in [1.807, 2.05) is 18.2 Å². The molecule has 0 aliphatic rings. The lowest BCUT2D eigenvalue weighted by Crippen LogP contribution is -2.41. The lowest BCUT2D eigenvalue weighted by atomic mass is 9.87. The first-order valence-electron chi connectivity index (χ1n) is 6.74. The maximum absolute atomic E-state index is 12.0. The van der Waals surface area contributed by atoms with Crippen molar-refractivity contribution in [3.05, 3.63) is 55.3 Å². The minimum absolute atomic E-state index is 0.0412. The van der Waals surface area contributed by atoms with Crippen molar-refractivity contribution < 1.29 is 9.59 Å². The van der Waals surface area contributed by atoms with Gasteiger partial charge in [0.1, 0.15) is 0 Å². The van der Waals surface area contributed by atoms with Gasteiger partial charge < -0.3 is 0 Å². The van der Waals surface area contributed by atoms with Crippen LogP contribution in [0.5, 0.6) is 0 Å². The van der Waals surface area contributed by atoms with Crippen molar-refractivity contribution in [3.8, 4) is 0 Å². The van der Waals surface area contributed by atoms with Gasteiger partial charge in [0.05, 0.1) is 7.76 Å². The van der Waals surface area contributed by atoms with Crippen LogP contribution in [-0.2, 0) is 5.41 Å². The molecule has 0 atom stereocenters. The third kappa shape index (κ3) is 4.30. The van der Waals surface area contributed by atoms with Gasteiger partial charge >= 0.3 is 0 Å². The van der Waals surface area contributed by atoms with Gasteiger partial charge in [0, 0.05) is 5.56 Å². The van der Waals surface area contributed by atoms with Crippen LogP contribution in [0.2, 0.25) is 0 Å². The van der Waals surface area contributed by atoms with Crippen molar-refractivity contribution in [3.63, 3.8) is 0 Å². The molecule has 0 radical (unpaired) electrons. The number of halogens is 1. The first kappa shape index (κ1) is 17.0. The van der Waals surface area contributed by atoms with E-state index < -0.39 is 0 Å². The van der Waals surface area contributed by atoms with Crippen LogP contribution in [0, 0.1) is 2.88 Å². The fraction of sp³-hybridized carbons (Fsp3) is 0.250. The molecule has 2 N–H and O–H groups in total. The number of carbonyl (C=O) groups excluding carboxylic acids is 2. The van der Waals surface area contributed by atoms with Gasteiger partial charge in [-0.25, -0.2) is 0 Å². The molecule has 0 bridgehead atoms. The van der Waals surface area contributed by atoms with Crippen molar-refractivity contribution >= 4 is 45.7 Å². The normalized spacial score (nSPS) is 11.1. The van der Waals surface area contributed by atoms with Crippen molar-refractivity contribution in [1.29, 1.82) is 0 Å². The van der Waals surface area contributed by atoms with Crippen molar-refractivity contribution in [2.75, 3.05) is 0 Å². The first-order chi connectivity index (χ1) is 10.3. The summed E-state index contributed by atoms with van der Waals surface area (Å²) in [7, 11) is 0. The lowest BCUT2D eigenvalue weighted by Gasteiger charge is -2.19. The van der Waals surface area contributed by atoms with Crippen LogP contribution in [0.25, 0.3) is 0 Å². The first-order valence-corrected chi connectivity index (χ1v) is 8.63. The highest BCUT2D eigenvalue weighted by Gasteiger charge is 2.15. The monoisotopic (exact) mass is 428 g/mol. The second kappa shape index (κ2) is 6.78. The number of nitrogens with one attached hydrogen (secondary N) is 2. The maximum Gasteiger partial charge on any atom is 0.279 e. The Bertz CT molecular complexity index is 687. The highest BCUT2D eigenvalue weighted by molar-refractivity contribution is 14.1. The Kier molecular flexibility index (Phi) is 5.23. The van der Waals surface area contributed by atoms with E-state index in [2.05, 4.69) is 54.2 Å². The van der Waals surface area contributed by atoms with E-state index in [1.165, 1.54) is 11.3 Å². The van der Waals surface area contributed by atoms with Crippen LogP contribution >= 0.6 is 33.9 Å². The van der Waals surface area contributed by atoms with Crippen LogP contribution in [0.4, 0.5) is 0 Å². The van der Waals surface area contributed by atoms with Gasteiger partial charge in [0.2, 0.25) is 0 Å². The molecule has 1 heterocycles. The summed E-state index contributed by atoms with van der Waals surface area (Å²) in [5.74, 6) is -0.646. The van der Waals surface area contributed by atoms with Gasteiger partial charge in [0.25, 0.3) is 11.8 Å². The average Bonchev–Trinajstić information content (AvgIpc) is 2.90. The Hall–Kier alpha value is -1.41. The lowest BCUT2D eigenvalue weighted by molar-refractivity contribution is 0.0849. The SMILES string of the molecule is CC(C)(C)c1ccc(C(=O)NNC(=O)c2ccc(I)s2)cc1. The molecule has 1 aromatic carbocycles. The van der Waals surface area contributed by atoms with Crippen LogP contribution in [0.1, 0.15) is 46.4 Å². The van der Waals surface area contributed by atoms with Crippen LogP contribution in [0.15, 0.2) is 36.4 Å². The summed E-state index contributed by atoms with van der Waals surface area (Å²) in [6.45, 7) is 6.35. The molecule has 2 aromatic rings.